The van der Waals surface area contributed by atoms with Crippen molar-refractivity contribution in [2.45, 2.75) is 0 Å². The van der Waals surface area contributed by atoms with Gasteiger partial charge in [0.25, 0.3) is 5.91 Å². The molecule has 2 aromatic rings. The number of furan rings is 1. The van der Waals surface area contributed by atoms with Gasteiger partial charge in [0.2, 0.25) is 0 Å². The van der Waals surface area contributed by atoms with Gasteiger partial charge in [-0.3, -0.25) is 4.79 Å². The fourth-order valence-electron chi connectivity index (χ4n) is 1.56. The molecule has 0 atom stereocenters. The number of nitriles is 1. The Morgan fingerprint density at radius 3 is 2.90 bits per heavy atom. The van der Waals surface area contributed by atoms with Crippen LogP contribution in [0.15, 0.2) is 52.7 Å². The Morgan fingerprint density at radius 2 is 2.25 bits per heavy atom. The molecule has 0 saturated heterocycles. The number of carbonyl (C=O) groups excluding carboxylic acids is 1. The lowest BCUT2D eigenvalue weighted by atomic mass is 10.2. The van der Waals surface area contributed by atoms with E-state index in [1.807, 2.05) is 6.07 Å². The molecule has 100 valence electrons. The lowest BCUT2D eigenvalue weighted by Gasteiger charge is -2.06. The molecule has 1 N–H and O–H groups in total. The van der Waals surface area contributed by atoms with Gasteiger partial charge in [-0.2, -0.15) is 5.26 Å². The summed E-state index contributed by atoms with van der Waals surface area (Å²) in [6.45, 7) is 0. The molecule has 1 heterocycles. The largest absolute Gasteiger partial charge is 0.497 e. The van der Waals surface area contributed by atoms with E-state index in [2.05, 4.69) is 5.32 Å². The molecule has 0 bridgehead atoms. The number of ether oxygens (including phenoxy) is 1. The van der Waals surface area contributed by atoms with Gasteiger partial charge in [-0.05, 0) is 24.3 Å². The fraction of sp³-hybridized carbons (Fsp3) is 0.0667. The number of methoxy groups -OCH3 is 1. The molecule has 0 unspecified atom stereocenters. The predicted molar refractivity (Wildman–Crippen MR) is 73.9 cm³/mol. The van der Waals surface area contributed by atoms with Gasteiger partial charge in [0.15, 0.2) is 0 Å². The Bertz CT molecular complexity index is 667. The van der Waals surface area contributed by atoms with Gasteiger partial charge in [0, 0.05) is 17.8 Å². The van der Waals surface area contributed by atoms with E-state index in [9.17, 15) is 4.79 Å². The third kappa shape index (κ3) is 3.27. The van der Waals surface area contributed by atoms with Crippen molar-refractivity contribution < 1.29 is 13.9 Å². The molecule has 5 heteroatoms. The fourth-order valence-corrected chi connectivity index (χ4v) is 1.56. The van der Waals surface area contributed by atoms with Crippen molar-refractivity contribution in [2.75, 3.05) is 12.4 Å². The molecule has 0 fully saturated rings. The van der Waals surface area contributed by atoms with Crippen LogP contribution in [0.1, 0.15) is 5.76 Å². The summed E-state index contributed by atoms with van der Waals surface area (Å²) >= 11 is 0. The number of hydrogen-bond donors (Lipinski definition) is 1. The number of carbonyl (C=O) groups is 1. The van der Waals surface area contributed by atoms with E-state index in [4.69, 9.17) is 14.4 Å². The minimum Gasteiger partial charge on any atom is -0.497 e. The van der Waals surface area contributed by atoms with Crippen LogP contribution in [0.3, 0.4) is 0 Å². The first-order valence-electron chi connectivity index (χ1n) is 5.83. The van der Waals surface area contributed by atoms with Crippen LogP contribution in [0, 0.1) is 11.3 Å². The smallest absolute Gasteiger partial charge is 0.266 e. The summed E-state index contributed by atoms with van der Waals surface area (Å²) in [6, 6.07) is 12.1. The monoisotopic (exact) mass is 268 g/mol. The third-order valence-electron chi connectivity index (χ3n) is 2.52. The second-order valence-corrected chi connectivity index (χ2v) is 3.87. The Kier molecular flexibility index (Phi) is 4.20. The number of benzene rings is 1. The molecule has 0 radical (unpaired) electrons. The predicted octanol–water partition coefficient (Wildman–Crippen LogP) is 2.83. The van der Waals surface area contributed by atoms with Crippen molar-refractivity contribution in [2.24, 2.45) is 0 Å². The molecule has 2 rings (SSSR count). The minimum atomic E-state index is -0.503. The third-order valence-corrected chi connectivity index (χ3v) is 2.52. The molecule has 1 aromatic heterocycles. The van der Waals surface area contributed by atoms with E-state index in [0.29, 0.717) is 17.2 Å². The van der Waals surface area contributed by atoms with E-state index in [-0.39, 0.29) is 5.57 Å². The number of nitrogens with one attached hydrogen (secondary N) is 1. The lowest BCUT2D eigenvalue weighted by Crippen LogP contribution is -2.13. The summed E-state index contributed by atoms with van der Waals surface area (Å²) in [5.41, 5.74) is 0.512. The summed E-state index contributed by atoms with van der Waals surface area (Å²) in [4.78, 5) is 12.0. The van der Waals surface area contributed by atoms with Crippen LogP contribution < -0.4 is 10.1 Å². The zero-order chi connectivity index (χ0) is 14.4. The van der Waals surface area contributed by atoms with Crippen LogP contribution in [0.5, 0.6) is 5.75 Å². The van der Waals surface area contributed by atoms with Gasteiger partial charge in [-0.25, -0.2) is 0 Å². The molecule has 0 saturated carbocycles. The summed E-state index contributed by atoms with van der Waals surface area (Å²) in [5, 5.41) is 11.7. The van der Waals surface area contributed by atoms with E-state index in [0.717, 1.165) is 0 Å². The molecule has 0 aliphatic carbocycles. The second kappa shape index (κ2) is 6.25. The molecular weight excluding hydrogens is 256 g/mol. The summed E-state index contributed by atoms with van der Waals surface area (Å²) < 4.78 is 10.1. The summed E-state index contributed by atoms with van der Waals surface area (Å²) in [7, 11) is 1.54. The molecule has 5 nitrogen and oxygen atoms in total. The summed E-state index contributed by atoms with van der Waals surface area (Å²) in [6.07, 6.45) is 2.86. The number of amides is 1. The van der Waals surface area contributed by atoms with Gasteiger partial charge < -0.3 is 14.5 Å². The normalized spacial score (nSPS) is 10.7. The highest BCUT2D eigenvalue weighted by Gasteiger charge is 2.10. The highest BCUT2D eigenvalue weighted by Crippen LogP contribution is 2.17. The molecule has 20 heavy (non-hydrogen) atoms. The maximum Gasteiger partial charge on any atom is 0.266 e. The average Bonchev–Trinajstić information content (AvgIpc) is 2.97. The molecule has 0 aliphatic heterocycles. The van der Waals surface area contributed by atoms with Crippen molar-refractivity contribution in [3.05, 3.63) is 54.0 Å². The Labute approximate surface area is 116 Å². The highest BCUT2D eigenvalue weighted by molar-refractivity contribution is 6.09. The van der Waals surface area contributed by atoms with Crippen molar-refractivity contribution in [3.63, 3.8) is 0 Å². The number of anilines is 1. The Balaban J connectivity index is 2.16. The lowest BCUT2D eigenvalue weighted by molar-refractivity contribution is -0.112. The van der Waals surface area contributed by atoms with Crippen molar-refractivity contribution in [1.82, 2.24) is 0 Å². The molecular formula is C15H12N2O3. The topological polar surface area (TPSA) is 75.3 Å². The maximum absolute atomic E-state index is 12.0. The minimum absolute atomic E-state index is 0.0391. The van der Waals surface area contributed by atoms with Crippen LogP contribution in [0.4, 0.5) is 5.69 Å². The summed E-state index contributed by atoms with van der Waals surface area (Å²) in [5.74, 6) is 0.566. The van der Waals surface area contributed by atoms with Crippen LogP contribution in [-0.2, 0) is 4.79 Å². The number of hydrogen-bond acceptors (Lipinski definition) is 4. The van der Waals surface area contributed by atoms with Crippen molar-refractivity contribution in [3.8, 4) is 11.8 Å². The van der Waals surface area contributed by atoms with Gasteiger partial charge in [0.05, 0.1) is 13.4 Å². The van der Waals surface area contributed by atoms with Crippen LogP contribution >= 0.6 is 0 Å². The van der Waals surface area contributed by atoms with Gasteiger partial charge in [0.1, 0.15) is 23.2 Å². The quantitative estimate of drug-likeness (QED) is 0.683. The first-order chi connectivity index (χ1) is 9.72. The first-order valence-corrected chi connectivity index (χ1v) is 5.83. The maximum atomic E-state index is 12.0. The van der Waals surface area contributed by atoms with Gasteiger partial charge in [-0.15, -0.1) is 0 Å². The molecule has 0 aliphatic rings. The van der Waals surface area contributed by atoms with Crippen LogP contribution in [-0.4, -0.2) is 13.0 Å². The van der Waals surface area contributed by atoms with Gasteiger partial charge >= 0.3 is 0 Å². The standard InChI is InChI=1S/C15H12N2O3/c1-19-13-5-2-4-12(9-13)17-15(18)11(10-16)8-14-6-3-7-20-14/h2-9H,1H3,(H,17,18)/b11-8-. The van der Waals surface area contributed by atoms with E-state index >= 15 is 0 Å². The van der Waals surface area contributed by atoms with E-state index in [1.165, 1.54) is 12.3 Å². The van der Waals surface area contributed by atoms with Crippen LogP contribution in [0.25, 0.3) is 6.08 Å². The number of nitrogens with zero attached hydrogens (tertiary/aromatic N) is 1. The number of rotatable bonds is 4. The zero-order valence-corrected chi connectivity index (χ0v) is 10.8. The van der Waals surface area contributed by atoms with Crippen molar-refractivity contribution in [1.29, 1.82) is 5.26 Å². The molecule has 1 amide bonds. The second-order valence-electron chi connectivity index (χ2n) is 3.87. The molecule has 0 spiro atoms. The SMILES string of the molecule is COc1cccc(NC(=O)/C(C#N)=C\c2ccco2)c1. The first kappa shape index (κ1) is 13.4. The Morgan fingerprint density at radius 1 is 1.40 bits per heavy atom. The Hall–Kier alpha value is -3.00. The van der Waals surface area contributed by atoms with Crippen molar-refractivity contribution >= 4 is 17.7 Å². The highest BCUT2D eigenvalue weighted by atomic mass is 16.5. The zero-order valence-electron chi connectivity index (χ0n) is 10.8. The van der Waals surface area contributed by atoms with E-state index < -0.39 is 5.91 Å². The van der Waals surface area contributed by atoms with Crippen LogP contribution in [0.2, 0.25) is 0 Å². The van der Waals surface area contributed by atoms with Gasteiger partial charge in [-0.1, -0.05) is 6.07 Å². The van der Waals surface area contributed by atoms with E-state index in [1.54, 1.807) is 43.5 Å². The molecule has 1 aromatic carbocycles. The average molecular weight is 268 g/mol.